The van der Waals surface area contributed by atoms with Crippen molar-refractivity contribution < 1.29 is 38.1 Å². The zero-order chi connectivity index (χ0) is 21.9. The Morgan fingerprint density at radius 3 is 1.97 bits per heavy atom. The van der Waals surface area contributed by atoms with Gasteiger partial charge in [0.15, 0.2) is 0 Å². The molecule has 9 nitrogen and oxygen atoms in total. The first-order chi connectivity index (χ1) is 13.7. The fourth-order valence-electron chi connectivity index (χ4n) is 2.34. The van der Waals surface area contributed by atoms with Crippen molar-refractivity contribution in [1.82, 2.24) is 5.32 Å². The van der Waals surface area contributed by atoms with Crippen LogP contribution in [0.15, 0.2) is 30.3 Å². The van der Waals surface area contributed by atoms with Crippen molar-refractivity contribution in [3.63, 3.8) is 0 Å². The molecule has 0 radical (unpaired) electrons. The maximum Gasteiger partial charge on any atom is 0.408 e. The van der Waals surface area contributed by atoms with Gasteiger partial charge in [0.2, 0.25) is 5.54 Å². The van der Waals surface area contributed by atoms with Crippen molar-refractivity contribution in [3.05, 3.63) is 35.9 Å². The van der Waals surface area contributed by atoms with E-state index in [1.54, 1.807) is 44.2 Å². The Morgan fingerprint density at radius 2 is 1.48 bits per heavy atom. The fraction of sp³-hybridized carbons (Fsp3) is 0.500. The minimum atomic E-state index is -2.42. The molecule has 0 unspecified atom stereocenters. The summed E-state index contributed by atoms with van der Waals surface area (Å²) < 4.78 is 20.0. The third kappa shape index (κ3) is 7.44. The Morgan fingerprint density at radius 1 is 0.931 bits per heavy atom. The van der Waals surface area contributed by atoms with E-state index in [1.165, 1.54) is 13.8 Å². The second kappa shape index (κ2) is 11.7. The lowest BCUT2D eigenvalue weighted by atomic mass is 9.95. The minimum Gasteiger partial charge on any atom is -0.464 e. The number of ether oxygens (including phenoxy) is 4. The zero-order valence-electron chi connectivity index (χ0n) is 17.1. The van der Waals surface area contributed by atoms with Gasteiger partial charge in [0, 0.05) is 0 Å². The molecule has 9 heteroatoms. The van der Waals surface area contributed by atoms with Crippen LogP contribution >= 0.6 is 0 Å². The first kappa shape index (κ1) is 23.9. The summed E-state index contributed by atoms with van der Waals surface area (Å²) in [6, 6.07) is 8.80. The van der Waals surface area contributed by atoms with Gasteiger partial charge in [-0.2, -0.15) is 0 Å². The highest BCUT2D eigenvalue weighted by molar-refractivity contribution is 6.09. The second-order valence-electron chi connectivity index (χ2n) is 6.25. The highest BCUT2D eigenvalue weighted by atomic mass is 16.6. The molecule has 0 heterocycles. The van der Waals surface area contributed by atoms with Crippen molar-refractivity contribution in [2.75, 3.05) is 13.2 Å². The maximum absolute atomic E-state index is 12.6. The molecule has 0 spiro atoms. The molecule has 0 fully saturated rings. The van der Waals surface area contributed by atoms with Crippen LogP contribution in [0.2, 0.25) is 0 Å². The van der Waals surface area contributed by atoms with Crippen molar-refractivity contribution in [2.45, 2.75) is 52.4 Å². The Bertz CT molecular complexity index is 684. The number of benzene rings is 1. The molecule has 0 saturated heterocycles. The van der Waals surface area contributed by atoms with E-state index in [1.807, 2.05) is 0 Å². The molecule has 0 aliphatic rings. The van der Waals surface area contributed by atoms with Crippen LogP contribution in [0.4, 0.5) is 4.79 Å². The molecular formula is C20H27NO8. The van der Waals surface area contributed by atoms with Gasteiger partial charge in [-0.3, -0.25) is 10.1 Å². The lowest BCUT2D eigenvalue weighted by Crippen LogP contribution is -2.62. The number of esters is 3. The minimum absolute atomic E-state index is 0.0834. The standard InChI is InChI=1S/C20H27NO8/c1-5-26-17(23)20(18(24)27-6-2,12-16(22)29-14(3)4)21-19(25)28-13-15-10-8-7-9-11-15/h7-11,14H,5-6,12-13H2,1-4H3,(H,21,25). The number of hydrogen-bond acceptors (Lipinski definition) is 8. The van der Waals surface area contributed by atoms with Crippen LogP contribution in [0.5, 0.6) is 0 Å². The summed E-state index contributed by atoms with van der Waals surface area (Å²) in [5, 5.41) is 2.16. The van der Waals surface area contributed by atoms with Gasteiger partial charge in [0.25, 0.3) is 0 Å². The van der Waals surface area contributed by atoms with Crippen LogP contribution in [-0.2, 0) is 39.9 Å². The first-order valence-electron chi connectivity index (χ1n) is 9.27. The summed E-state index contributed by atoms with van der Waals surface area (Å²) in [7, 11) is 0. The quantitative estimate of drug-likeness (QED) is 0.355. The highest BCUT2D eigenvalue weighted by Crippen LogP contribution is 2.19. The normalized spacial score (nSPS) is 10.8. The monoisotopic (exact) mass is 409 g/mol. The largest absolute Gasteiger partial charge is 0.464 e. The van der Waals surface area contributed by atoms with Crippen molar-refractivity contribution in [3.8, 4) is 0 Å². The van der Waals surface area contributed by atoms with Gasteiger partial charge in [-0.1, -0.05) is 30.3 Å². The Labute approximate surface area is 169 Å². The number of carbonyl (C=O) groups excluding carboxylic acids is 4. The zero-order valence-corrected chi connectivity index (χ0v) is 17.1. The number of amides is 1. The van der Waals surface area contributed by atoms with Crippen LogP contribution in [0.3, 0.4) is 0 Å². The van der Waals surface area contributed by atoms with Crippen LogP contribution in [0.25, 0.3) is 0 Å². The molecule has 1 amide bonds. The first-order valence-corrected chi connectivity index (χ1v) is 9.27. The van der Waals surface area contributed by atoms with Crippen LogP contribution in [0, 0.1) is 0 Å². The molecule has 1 rings (SSSR count). The van der Waals surface area contributed by atoms with Gasteiger partial charge >= 0.3 is 24.0 Å². The number of alkyl carbamates (subject to hydrolysis) is 1. The summed E-state index contributed by atoms with van der Waals surface area (Å²) in [6.07, 6.45) is -2.38. The topological polar surface area (TPSA) is 117 Å². The van der Waals surface area contributed by atoms with E-state index < -0.39 is 42.1 Å². The van der Waals surface area contributed by atoms with Crippen molar-refractivity contribution >= 4 is 24.0 Å². The van der Waals surface area contributed by atoms with Crippen LogP contribution < -0.4 is 5.32 Å². The fourth-order valence-corrected chi connectivity index (χ4v) is 2.34. The molecule has 0 saturated carbocycles. The van der Waals surface area contributed by atoms with E-state index in [9.17, 15) is 19.2 Å². The molecule has 0 aliphatic carbocycles. The lowest BCUT2D eigenvalue weighted by Gasteiger charge is -2.29. The molecule has 1 aromatic rings. The molecule has 0 aliphatic heterocycles. The van der Waals surface area contributed by atoms with E-state index in [0.717, 1.165) is 0 Å². The summed E-state index contributed by atoms with van der Waals surface area (Å²) >= 11 is 0. The van der Waals surface area contributed by atoms with E-state index in [0.29, 0.717) is 5.56 Å². The van der Waals surface area contributed by atoms with Gasteiger partial charge in [-0.25, -0.2) is 14.4 Å². The Hall–Kier alpha value is -3.10. The maximum atomic E-state index is 12.6. The van der Waals surface area contributed by atoms with E-state index in [2.05, 4.69) is 5.32 Å². The average Bonchev–Trinajstić information content (AvgIpc) is 2.66. The highest BCUT2D eigenvalue weighted by Gasteiger charge is 2.53. The van der Waals surface area contributed by atoms with E-state index in [-0.39, 0.29) is 19.8 Å². The molecule has 0 bridgehead atoms. The number of hydrogen-bond donors (Lipinski definition) is 1. The predicted octanol–water partition coefficient (Wildman–Crippen LogP) is 2.12. The van der Waals surface area contributed by atoms with Gasteiger partial charge in [0.05, 0.1) is 25.7 Å². The summed E-state index contributed by atoms with van der Waals surface area (Å²) in [4.78, 5) is 49.8. The van der Waals surface area contributed by atoms with Gasteiger partial charge in [0.1, 0.15) is 6.61 Å². The molecule has 29 heavy (non-hydrogen) atoms. The molecule has 160 valence electrons. The molecule has 0 aromatic heterocycles. The van der Waals surface area contributed by atoms with Crippen LogP contribution in [0.1, 0.15) is 39.7 Å². The number of rotatable bonds is 10. The Balaban J connectivity index is 3.09. The number of nitrogens with one attached hydrogen (secondary N) is 1. The summed E-state index contributed by atoms with van der Waals surface area (Å²) in [6.45, 7) is 5.98. The second-order valence-corrected chi connectivity index (χ2v) is 6.25. The number of carbonyl (C=O) groups is 4. The molecular weight excluding hydrogens is 382 g/mol. The van der Waals surface area contributed by atoms with Gasteiger partial charge in [-0.15, -0.1) is 0 Å². The van der Waals surface area contributed by atoms with Gasteiger partial charge < -0.3 is 18.9 Å². The molecule has 1 N–H and O–H groups in total. The van der Waals surface area contributed by atoms with E-state index in [4.69, 9.17) is 18.9 Å². The third-order valence-corrected chi connectivity index (χ3v) is 3.55. The SMILES string of the molecule is CCOC(=O)C(CC(=O)OC(C)C)(NC(=O)OCc1ccccc1)C(=O)OCC. The van der Waals surface area contributed by atoms with Gasteiger partial charge in [-0.05, 0) is 33.3 Å². The lowest BCUT2D eigenvalue weighted by molar-refractivity contribution is -0.171. The molecule has 0 atom stereocenters. The smallest absolute Gasteiger partial charge is 0.408 e. The van der Waals surface area contributed by atoms with E-state index >= 15 is 0 Å². The van der Waals surface area contributed by atoms with Crippen molar-refractivity contribution in [2.24, 2.45) is 0 Å². The molecule has 1 aromatic carbocycles. The summed E-state index contributed by atoms with van der Waals surface area (Å²) in [5.74, 6) is -3.17. The van der Waals surface area contributed by atoms with Crippen molar-refractivity contribution in [1.29, 1.82) is 0 Å². The summed E-state index contributed by atoms with van der Waals surface area (Å²) in [5.41, 5.74) is -1.73. The average molecular weight is 409 g/mol. The Kier molecular flexibility index (Phi) is 9.64. The predicted molar refractivity (Wildman–Crippen MR) is 102 cm³/mol. The van der Waals surface area contributed by atoms with Crippen LogP contribution in [-0.4, -0.2) is 48.9 Å². The third-order valence-electron chi connectivity index (χ3n) is 3.55.